The van der Waals surface area contributed by atoms with Gasteiger partial charge in [0, 0.05) is 30.7 Å². The third kappa shape index (κ3) is 3.51. The van der Waals surface area contributed by atoms with Crippen molar-refractivity contribution < 1.29 is 9.53 Å². The lowest BCUT2D eigenvalue weighted by Gasteiger charge is -2.29. The van der Waals surface area contributed by atoms with Crippen molar-refractivity contribution in [3.63, 3.8) is 0 Å². The van der Waals surface area contributed by atoms with Crippen LogP contribution in [0, 0.1) is 0 Å². The van der Waals surface area contributed by atoms with Crippen LogP contribution in [0.2, 0.25) is 0 Å². The van der Waals surface area contributed by atoms with E-state index < -0.39 is 0 Å². The summed E-state index contributed by atoms with van der Waals surface area (Å²) in [7, 11) is 0. The van der Waals surface area contributed by atoms with Crippen LogP contribution in [0.3, 0.4) is 0 Å². The van der Waals surface area contributed by atoms with E-state index in [4.69, 9.17) is 4.74 Å². The molecule has 1 aromatic heterocycles. The number of benzene rings is 1. The number of nitrogens with zero attached hydrogens (tertiary/aromatic N) is 1. The molecular formula is C17H20N2O2. The van der Waals surface area contributed by atoms with Crippen LogP contribution < -0.4 is 10.1 Å². The Morgan fingerprint density at radius 3 is 2.76 bits per heavy atom. The Hall–Kier alpha value is -2.10. The van der Waals surface area contributed by atoms with E-state index in [1.54, 1.807) is 13.1 Å². The van der Waals surface area contributed by atoms with Gasteiger partial charge in [-0.25, -0.2) is 0 Å². The fraction of sp³-hybridized carbons (Fsp3) is 0.412. The minimum Gasteiger partial charge on any atom is -0.490 e. The van der Waals surface area contributed by atoms with Gasteiger partial charge in [0.1, 0.15) is 5.75 Å². The summed E-state index contributed by atoms with van der Waals surface area (Å²) in [4.78, 5) is 15.2. The molecule has 3 rings (SSSR count). The molecule has 21 heavy (non-hydrogen) atoms. The van der Waals surface area contributed by atoms with E-state index in [1.807, 2.05) is 24.4 Å². The maximum absolute atomic E-state index is 11.1. The second-order valence-corrected chi connectivity index (χ2v) is 5.68. The second-order valence-electron chi connectivity index (χ2n) is 5.68. The number of hydrogen-bond donors (Lipinski definition) is 1. The van der Waals surface area contributed by atoms with E-state index in [0.717, 1.165) is 42.2 Å². The van der Waals surface area contributed by atoms with Crippen molar-refractivity contribution in [3.05, 3.63) is 36.7 Å². The Labute approximate surface area is 124 Å². The number of hydrogen-bond acceptors (Lipinski definition) is 3. The summed E-state index contributed by atoms with van der Waals surface area (Å²) in [6.07, 6.45) is 7.85. The van der Waals surface area contributed by atoms with E-state index in [9.17, 15) is 4.79 Å². The molecule has 0 unspecified atom stereocenters. The Balaban J connectivity index is 1.60. The molecule has 1 fully saturated rings. The quantitative estimate of drug-likeness (QED) is 0.942. The first-order valence-electron chi connectivity index (χ1n) is 7.48. The predicted molar refractivity (Wildman–Crippen MR) is 82.2 cm³/mol. The predicted octanol–water partition coefficient (Wildman–Crippen LogP) is 3.06. The van der Waals surface area contributed by atoms with Crippen molar-refractivity contribution >= 4 is 16.7 Å². The molecule has 0 atom stereocenters. The number of fused-ring (bicyclic) bond motifs is 1. The number of carbonyl (C=O) groups excluding carboxylic acids is 1. The molecule has 2 aromatic rings. The summed E-state index contributed by atoms with van der Waals surface area (Å²) < 4.78 is 6.08. The van der Waals surface area contributed by atoms with Gasteiger partial charge in [-0.1, -0.05) is 0 Å². The summed E-state index contributed by atoms with van der Waals surface area (Å²) in [5, 5.41) is 5.26. The highest BCUT2D eigenvalue weighted by Crippen LogP contribution is 2.26. The van der Waals surface area contributed by atoms with Crippen molar-refractivity contribution in [1.82, 2.24) is 10.3 Å². The average Bonchev–Trinajstić information content (AvgIpc) is 2.49. The maximum Gasteiger partial charge on any atom is 0.217 e. The Kier molecular flexibility index (Phi) is 4.04. The van der Waals surface area contributed by atoms with Gasteiger partial charge in [-0.2, -0.15) is 0 Å². The molecule has 0 radical (unpaired) electrons. The first kappa shape index (κ1) is 13.9. The van der Waals surface area contributed by atoms with Crippen LogP contribution in [0.25, 0.3) is 10.8 Å². The zero-order valence-electron chi connectivity index (χ0n) is 12.2. The zero-order valence-corrected chi connectivity index (χ0v) is 12.2. The molecular weight excluding hydrogens is 264 g/mol. The molecule has 110 valence electrons. The van der Waals surface area contributed by atoms with Gasteiger partial charge in [-0.3, -0.25) is 9.78 Å². The minimum atomic E-state index is 0.0579. The van der Waals surface area contributed by atoms with Crippen molar-refractivity contribution in [3.8, 4) is 5.75 Å². The van der Waals surface area contributed by atoms with E-state index in [1.165, 1.54) is 0 Å². The molecule has 1 aliphatic rings. The molecule has 0 aliphatic heterocycles. The van der Waals surface area contributed by atoms with Crippen LogP contribution in [0.1, 0.15) is 32.6 Å². The number of pyridine rings is 1. The van der Waals surface area contributed by atoms with Gasteiger partial charge >= 0.3 is 0 Å². The number of ether oxygens (including phenoxy) is 1. The summed E-state index contributed by atoms with van der Waals surface area (Å²) in [5.74, 6) is 0.971. The van der Waals surface area contributed by atoms with Crippen LogP contribution in [-0.2, 0) is 4.79 Å². The molecule has 0 saturated heterocycles. The summed E-state index contributed by atoms with van der Waals surface area (Å²) >= 11 is 0. The first-order valence-corrected chi connectivity index (χ1v) is 7.48. The van der Waals surface area contributed by atoms with Crippen molar-refractivity contribution in [2.24, 2.45) is 0 Å². The molecule has 1 heterocycles. The highest BCUT2D eigenvalue weighted by atomic mass is 16.5. The third-order valence-electron chi connectivity index (χ3n) is 4.00. The molecule has 0 bridgehead atoms. The Morgan fingerprint density at radius 2 is 2.00 bits per heavy atom. The van der Waals surface area contributed by atoms with Gasteiger partial charge in [-0.15, -0.1) is 0 Å². The van der Waals surface area contributed by atoms with Crippen molar-refractivity contribution in [2.45, 2.75) is 44.8 Å². The number of nitrogens with one attached hydrogen (secondary N) is 1. The van der Waals surface area contributed by atoms with Crippen LogP contribution in [0.5, 0.6) is 5.75 Å². The smallest absolute Gasteiger partial charge is 0.217 e. The molecule has 1 N–H and O–H groups in total. The molecule has 1 amide bonds. The highest BCUT2D eigenvalue weighted by Gasteiger charge is 2.22. The van der Waals surface area contributed by atoms with Gasteiger partial charge in [0.25, 0.3) is 0 Å². The zero-order chi connectivity index (χ0) is 14.7. The minimum absolute atomic E-state index is 0.0579. The first-order chi connectivity index (χ1) is 10.2. The standard InChI is InChI=1S/C17H20N2O2/c1-12(20)19-15-3-6-16(7-4-15)21-17-5-2-14-11-18-9-8-13(14)10-17/h2,5,8-11,15-16H,3-4,6-7H2,1H3,(H,19,20)/t15-,16+. The SMILES string of the molecule is CC(=O)N[C@H]1CC[C@@H](Oc2ccc3cnccc3c2)CC1. The highest BCUT2D eigenvalue weighted by molar-refractivity contribution is 5.82. The van der Waals surface area contributed by atoms with Crippen LogP contribution in [-0.4, -0.2) is 23.0 Å². The monoisotopic (exact) mass is 284 g/mol. The third-order valence-corrected chi connectivity index (χ3v) is 4.00. The van der Waals surface area contributed by atoms with Crippen molar-refractivity contribution in [1.29, 1.82) is 0 Å². The van der Waals surface area contributed by atoms with Crippen LogP contribution in [0.4, 0.5) is 0 Å². The molecule has 1 saturated carbocycles. The number of carbonyl (C=O) groups is 1. The second kappa shape index (κ2) is 6.12. The van der Waals surface area contributed by atoms with Crippen LogP contribution >= 0.6 is 0 Å². The van der Waals surface area contributed by atoms with Gasteiger partial charge in [0.05, 0.1) is 6.10 Å². The maximum atomic E-state index is 11.1. The fourth-order valence-corrected chi connectivity index (χ4v) is 2.94. The normalized spacial score (nSPS) is 22.0. The summed E-state index contributed by atoms with van der Waals surface area (Å²) in [6.45, 7) is 1.58. The van der Waals surface area contributed by atoms with E-state index in [0.29, 0.717) is 6.04 Å². The molecule has 4 nitrogen and oxygen atoms in total. The van der Waals surface area contributed by atoms with E-state index in [-0.39, 0.29) is 12.0 Å². The number of rotatable bonds is 3. The fourth-order valence-electron chi connectivity index (χ4n) is 2.94. The summed E-state index contributed by atoms with van der Waals surface area (Å²) in [5.41, 5.74) is 0. The number of aromatic nitrogens is 1. The van der Waals surface area contributed by atoms with Gasteiger partial charge in [0.15, 0.2) is 0 Å². The lowest BCUT2D eigenvalue weighted by Crippen LogP contribution is -2.38. The molecule has 1 aliphatic carbocycles. The number of amides is 1. The van der Waals surface area contributed by atoms with E-state index in [2.05, 4.69) is 16.4 Å². The van der Waals surface area contributed by atoms with Gasteiger partial charge < -0.3 is 10.1 Å². The lowest BCUT2D eigenvalue weighted by molar-refractivity contribution is -0.120. The van der Waals surface area contributed by atoms with E-state index >= 15 is 0 Å². The Morgan fingerprint density at radius 1 is 1.19 bits per heavy atom. The average molecular weight is 284 g/mol. The van der Waals surface area contributed by atoms with Crippen molar-refractivity contribution in [2.75, 3.05) is 0 Å². The molecule has 0 spiro atoms. The van der Waals surface area contributed by atoms with Gasteiger partial charge in [0.2, 0.25) is 5.91 Å². The topological polar surface area (TPSA) is 51.2 Å². The molecule has 1 aromatic carbocycles. The Bertz CT molecular complexity index is 633. The summed E-state index contributed by atoms with van der Waals surface area (Å²) in [6, 6.07) is 8.42. The molecule has 4 heteroatoms. The van der Waals surface area contributed by atoms with Crippen LogP contribution in [0.15, 0.2) is 36.7 Å². The largest absolute Gasteiger partial charge is 0.490 e. The lowest BCUT2D eigenvalue weighted by atomic mass is 9.93. The van der Waals surface area contributed by atoms with Gasteiger partial charge in [-0.05, 0) is 55.3 Å².